The lowest BCUT2D eigenvalue weighted by molar-refractivity contribution is -0.00702. The minimum atomic E-state index is -0.238. The minimum absolute atomic E-state index is 0.0498. The third-order valence-electron chi connectivity index (χ3n) is 5.31. The number of aromatic nitrogens is 2. The average molecular weight is 343 g/mol. The van der Waals surface area contributed by atoms with E-state index in [4.69, 9.17) is 4.74 Å². The monoisotopic (exact) mass is 343 g/mol. The van der Waals surface area contributed by atoms with E-state index in [1.165, 1.54) is 6.07 Å². The standard InChI is InChI=1S/C19H22FN3O2/c1-10-4-5-16(20)15-9-23(7-6-13(10)15)19(24)18-14-8-11(2)25-12(3)17(14)21-22-18/h4-5,11-12H,6-9H2,1-3H3,(H,21,22)/t11-,12+/m1/s1. The third-order valence-corrected chi connectivity index (χ3v) is 5.31. The van der Waals surface area contributed by atoms with Crippen molar-refractivity contribution in [1.82, 2.24) is 15.1 Å². The van der Waals surface area contributed by atoms with Gasteiger partial charge in [-0.25, -0.2) is 4.39 Å². The van der Waals surface area contributed by atoms with Crippen LogP contribution in [0, 0.1) is 12.7 Å². The summed E-state index contributed by atoms with van der Waals surface area (Å²) in [6, 6.07) is 3.29. The number of benzene rings is 1. The van der Waals surface area contributed by atoms with Gasteiger partial charge in [-0.3, -0.25) is 9.89 Å². The van der Waals surface area contributed by atoms with Gasteiger partial charge < -0.3 is 9.64 Å². The number of hydrogen-bond acceptors (Lipinski definition) is 3. The second-order valence-electron chi connectivity index (χ2n) is 7.06. The first-order chi connectivity index (χ1) is 12.0. The van der Waals surface area contributed by atoms with Crippen LogP contribution in [0.3, 0.4) is 0 Å². The number of fused-ring (bicyclic) bond motifs is 2. The van der Waals surface area contributed by atoms with E-state index in [0.29, 0.717) is 37.2 Å². The fourth-order valence-corrected chi connectivity index (χ4v) is 3.99. The minimum Gasteiger partial charge on any atom is -0.369 e. The number of rotatable bonds is 1. The number of aryl methyl sites for hydroxylation is 1. The van der Waals surface area contributed by atoms with Gasteiger partial charge in [0.05, 0.1) is 17.9 Å². The van der Waals surface area contributed by atoms with Crippen LogP contribution in [0.15, 0.2) is 12.1 Å². The maximum Gasteiger partial charge on any atom is 0.274 e. The molecular weight excluding hydrogens is 321 g/mol. The van der Waals surface area contributed by atoms with Crippen LogP contribution in [0.5, 0.6) is 0 Å². The smallest absolute Gasteiger partial charge is 0.274 e. The number of nitrogens with zero attached hydrogens (tertiary/aromatic N) is 2. The highest BCUT2D eigenvalue weighted by atomic mass is 19.1. The Morgan fingerprint density at radius 3 is 2.92 bits per heavy atom. The summed E-state index contributed by atoms with van der Waals surface area (Å²) in [5, 5.41) is 7.22. The molecule has 25 heavy (non-hydrogen) atoms. The van der Waals surface area contributed by atoms with E-state index in [0.717, 1.165) is 22.4 Å². The van der Waals surface area contributed by atoms with Crippen molar-refractivity contribution in [2.75, 3.05) is 6.54 Å². The van der Waals surface area contributed by atoms with Crippen molar-refractivity contribution < 1.29 is 13.9 Å². The number of ether oxygens (including phenoxy) is 1. The van der Waals surface area contributed by atoms with Crippen LogP contribution < -0.4 is 0 Å². The Morgan fingerprint density at radius 1 is 1.32 bits per heavy atom. The van der Waals surface area contributed by atoms with Crippen molar-refractivity contribution in [2.24, 2.45) is 0 Å². The highest BCUT2D eigenvalue weighted by Gasteiger charge is 2.33. The van der Waals surface area contributed by atoms with Gasteiger partial charge in [-0.05, 0) is 44.4 Å². The number of carbonyl (C=O) groups is 1. The van der Waals surface area contributed by atoms with Gasteiger partial charge in [0.25, 0.3) is 5.91 Å². The van der Waals surface area contributed by atoms with Gasteiger partial charge in [0.15, 0.2) is 5.69 Å². The third kappa shape index (κ3) is 2.65. The second-order valence-corrected chi connectivity index (χ2v) is 7.06. The molecule has 5 nitrogen and oxygen atoms in total. The SMILES string of the molecule is Cc1ccc(F)c2c1CCN(C(=O)c1n[nH]c3c1C[C@@H](C)O[C@H]3C)C2. The van der Waals surface area contributed by atoms with Gasteiger partial charge >= 0.3 is 0 Å². The van der Waals surface area contributed by atoms with Gasteiger partial charge in [-0.2, -0.15) is 5.10 Å². The molecule has 1 aromatic heterocycles. The zero-order chi connectivity index (χ0) is 17.7. The highest BCUT2D eigenvalue weighted by Crippen LogP contribution is 2.32. The molecule has 6 heteroatoms. The summed E-state index contributed by atoms with van der Waals surface area (Å²) < 4.78 is 20.0. The lowest BCUT2D eigenvalue weighted by Gasteiger charge is -2.30. The highest BCUT2D eigenvalue weighted by molar-refractivity contribution is 5.94. The number of hydrogen-bond donors (Lipinski definition) is 1. The molecule has 0 fully saturated rings. The van der Waals surface area contributed by atoms with Crippen LogP contribution in [-0.2, 0) is 24.1 Å². The molecule has 0 unspecified atom stereocenters. The summed E-state index contributed by atoms with van der Waals surface area (Å²) in [6.45, 7) is 6.82. The number of aromatic amines is 1. The maximum absolute atomic E-state index is 14.2. The maximum atomic E-state index is 14.2. The topological polar surface area (TPSA) is 58.2 Å². The van der Waals surface area contributed by atoms with Crippen LogP contribution in [0.1, 0.15) is 58.4 Å². The predicted molar refractivity (Wildman–Crippen MR) is 90.8 cm³/mol. The lowest BCUT2D eigenvalue weighted by Crippen LogP contribution is -2.37. The van der Waals surface area contributed by atoms with Gasteiger partial charge in [0.1, 0.15) is 5.82 Å². The molecule has 4 rings (SSSR count). The zero-order valence-electron chi connectivity index (χ0n) is 14.7. The van der Waals surface area contributed by atoms with Gasteiger partial charge in [-0.15, -0.1) is 0 Å². The molecule has 0 spiro atoms. The first-order valence-electron chi connectivity index (χ1n) is 8.74. The molecule has 2 aliphatic heterocycles. The molecule has 3 heterocycles. The van der Waals surface area contributed by atoms with Crippen LogP contribution in [0.2, 0.25) is 0 Å². The van der Waals surface area contributed by atoms with Crippen molar-refractivity contribution in [3.8, 4) is 0 Å². The molecule has 2 aliphatic rings. The summed E-state index contributed by atoms with van der Waals surface area (Å²) in [7, 11) is 0. The van der Waals surface area contributed by atoms with Crippen LogP contribution in [0.4, 0.5) is 4.39 Å². The van der Waals surface area contributed by atoms with E-state index in [9.17, 15) is 9.18 Å². The summed E-state index contributed by atoms with van der Waals surface area (Å²) in [5.74, 6) is -0.372. The Bertz CT molecular complexity index is 845. The summed E-state index contributed by atoms with van der Waals surface area (Å²) in [5.41, 5.74) is 5.01. The van der Waals surface area contributed by atoms with Gasteiger partial charge in [-0.1, -0.05) is 6.07 Å². The molecule has 1 amide bonds. The summed E-state index contributed by atoms with van der Waals surface area (Å²) in [4.78, 5) is 14.7. The summed E-state index contributed by atoms with van der Waals surface area (Å²) in [6.07, 6.45) is 1.28. The molecule has 0 radical (unpaired) electrons. The van der Waals surface area contributed by atoms with E-state index >= 15 is 0 Å². The molecule has 0 aliphatic carbocycles. The first kappa shape index (κ1) is 16.3. The molecular formula is C19H22FN3O2. The molecule has 1 aromatic carbocycles. The van der Waals surface area contributed by atoms with E-state index in [1.807, 2.05) is 20.8 Å². The average Bonchev–Trinajstić information content (AvgIpc) is 3.01. The molecule has 0 saturated carbocycles. The van der Waals surface area contributed by atoms with Crippen LogP contribution in [-0.4, -0.2) is 33.7 Å². The Labute approximate surface area is 146 Å². The molecule has 1 N–H and O–H groups in total. The number of carbonyl (C=O) groups excluding carboxylic acids is 1. The Kier molecular flexibility index (Phi) is 3.87. The quantitative estimate of drug-likeness (QED) is 0.866. The van der Waals surface area contributed by atoms with Crippen molar-refractivity contribution in [1.29, 1.82) is 0 Å². The van der Waals surface area contributed by atoms with E-state index in [1.54, 1.807) is 11.0 Å². The largest absolute Gasteiger partial charge is 0.369 e. The number of amides is 1. The molecule has 2 atom stereocenters. The number of halogens is 1. The summed E-state index contributed by atoms with van der Waals surface area (Å²) >= 11 is 0. The van der Waals surface area contributed by atoms with Crippen LogP contribution in [0.25, 0.3) is 0 Å². The van der Waals surface area contributed by atoms with Crippen molar-refractivity contribution in [2.45, 2.75) is 52.4 Å². The Balaban J connectivity index is 1.64. The molecule has 0 bridgehead atoms. The normalized spacial score (nSPS) is 22.5. The van der Waals surface area contributed by atoms with Crippen molar-refractivity contribution in [3.05, 3.63) is 51.6 Å². The molecule has 0 saturated heterocycles. The first-order valence-corrected chi connectivity index (χ1v) is 8.74. The van der Waals surface area contributed by atoms with E-state index < -0.39 is 0 Å². The Hall–Kier alpha value is -2.21. The lowest BCUT2D eigenvalue weighted by atomic mass is 9.94. The fraction of sp³-hybridized carbons (Fsp3) is 0.474. The number of nitrogens with one attached hydrogen (secondary N) is 1. The predicted octanol–water partition coefficient (Wildman–Crippen LogP) is 3.08. The van der Waals surface area contributed by atoms with Crippen LogP contribution >= 0.6 is 0 Å². The van der Waals surface area contributed by atoms with Crippen molar-refractivity contribution in [3.63, 3.8) is 0 Å². The Morgan fingerprint density at radius 2 is 2.12 bits per heavy atom. The second kappa shape index (κ2) is 5.95. The van der Waals surface area contributed by atoms with Gasteiger partial charge in [0.2, 0.25) is 0 Å². The van der Waals surface area contributed by atoms with E-state index in [2.05, 4.69) is 10.2 Å². The van der Waals surface area contributed by atoms with Crippen molar-refractivity contribution >= 4 is 5.91 Å². The molecule has 2 aromatic rings. The number of H-pyrrole nitrogens is 1. The molecule has 132 valence electrons. The zero-order valence-corrected chi connectivity index (χ0v) is 14.7. The van der Waals surface area contributed by atoms with Gasteiger partial charge in [0, 0.05) is 30.6 Å². The fourth-order valence-electron chi connectivity index (χ4n) is 3.99. The van der Waals surface area contributed by atoms with E-state index in [-0.39, 0.29) is 23.9 Å².